The Morgan fingerprint density at radius 3 is 2.85 bits per heavy atom. The molecule has 20 heavy (non-hydrogen) atoms. The molecule has 0 spiro atoms. The first-order valence-electron chi connectivity index (χ1n) is 6.32. The van der Waals surface area contributed by atoms with Crippen LogP contribution in [0.2, 0.25) is 0 Å². The molecule has 0 saturated heterocycles. The van der Waals surface area contributed by atoms with Crippen molar-refractivity contribution in [1.82, 2.24) is 20.2 Å². The molecular weight excluding hydrogens is 264 g/mol. The summed E-state index contributed by atoms with van der Waals surface area (Å²) in [7, 11) is 1.55. The molecule has 0 bridgehead atoms. The van der Waals surface area contributed by atoms with Gasteiger partial charge in [0.25, 0.3) is 0 Å². The molecule has 0 aliphatic rings. The highest BCUT2D eigenvalue weighted by molar-refractivity contribution is 5.82. The molecule has 1 aromatic heterocycles. The molecule has 0 aliphatic heterocycles. The minimum absolute atomic E-state index is 0.156. The number of imidazole rings is 1. The molecule has 8 heteroatoms. The molecule has 0 unspecified atom stereocenters. The number of carboxylic acid groups (broad SMARTS) is 1. The third-order valence-corrected chi connectivity index (χ3v) is 2.81. The van der Waals surface area contributed by atoms with Crippen molar-refractivity contribution in [1.29, 1.82) is 0 Å². The van der Waals surface area contributed by atoms with Crippen LogP contribution in [0.5, 0.6) is 0 Å². The summed E-state index contributed by atoms with van der Waals surface area (Å²) in [5.74, 6) is -1.09. The van der Waals surface area contributed by atoms with Gasteiger partial charge in [0.1, 0.15) is 6.04 Å². The predicted octanol–water partition coefficient (Wildman–Crippen LogP) is 0.0833. The smallest absolute Gasteiger partial charge is 0.326 e. The maximum Gasteiger partial charge on any atom is 0.326 e. The number of urea groups is 1. The van der Waals surface area contributed by atoms with E-state index >= 15 is 0 Å². The fraction of sp³-hybridized carbons (Fsp3) is 0.583. The third-order valence-electron chi connectivity index (χ3n) is 2.81. The van der Waals surface area contributed by atoms with Crippen molar-refractivity contribution in [2.75, 3.05) is 26.8 Å². The molecule has 1 heterocycles. The number of aliphatic carboxylic acids is 1. The first-order chi connectivity index (χ1) is 9.58. The summed E-state index contributed by atoms with van der Waals surface area (Å²) >= 11 is 0. The lowest BCUT2D eigenvalue weighted by Crippen LogP contribution is -2.49. The van der Waals surface area contributed by atoms with Gasteiger partial charge < -0.3 is 25.0 Å². The van der Waals surface area contributed by atoms with Crippen LogP contribution in [0, 0.1) is 0 Å². The van der Waals surface area contributed by atoms with Gasteiger partial charge in [0, 0.05) is 38.5 Å². The first kappa shape index (κ1) is 16.0. The minimum atomic E-state index is -1.09. The van der Waals surface area contributed by atoms with E-state index in [1.807, 2.05) is 6.92 Å². The number of likely N-dealkylation sites (N-methyl/N-ethyl adjacent to an activating group) is 1. The van der Waals surface area contributed by atoms with Crippen LogP contribution in [-0.4, -0.2) is 64.8 Å². The number of carboxylic acids is 1. The summed E-state index contributed by atoms with van der Waals surface area (Å²) in [5, 5.41) is 11.7. The van der Waals surface area contributed by atoms with Gasteiger partial charge in [-0.15, -0.1) is 0 Å². The van der Waals surface area contributed by atoms with Gasteiger partial charge in [0.2, 0.25) is 0 Å². The van der Waals surface area contributed by atoms with E-state index in [9.17, 15) is 9.59 Å². The summed E-state index contributed by atoms with van der Waals surface area (Å²) in [6, 6.07) is -1.42. The number of H-pyrrole nitrogens is 1. The number of methoxy groups -OCH3 is 1. The zero-order valence-corrected chi connectivity index (χ0v) is 11.6. The van der Waals surface area contributed by atoms with Crippen molar-refractivity contribution >= 4 is 12.0 Å². The van der Waals surface area contributed by atoms with Crippen molar-refractivity contribution in [2.45, 2.75) is 19.4 Å². The number of nitrogens with zero attached hydrogens (tertiary/aromatic N) is 2. The number of aromatic nitrogens is 2. The number of hydrogen-bond acceptors (Lipinski definition) is 4. The van der Waals surface area contributed by atoms with Gasteiger partial charge in [0.15, 0.2) is 0 Å². The van der Waals surface area contributed by atoms with Gasteiger partial charge in [0.05, 0.1) is 12.9 Å². The fourth-order valence-corrected chi connectivity index (χ4v) is 1.66. The lowest BCUT2D eigenvalue weighted by Gasteiger charge is -2.23. The van der Waals surface area contributed by atoms with Gasteiger partial charge in [-0.2, -0.15) is 0 Å². The molecule has 0 aliphatic carbocycles. The fourth-order valence-electron chi connectivity index (χ4n) is 1.66. The van der Waals surface area contributed by atoms with E-state index in [-0.39, 0.29) is 6.42 Å². The lowest BCUT2D eigenvalue weighted by atomic mass is 10.1. The molecule has 0 aromatic carbocycles. The largest absolute Gasteiger partial charge is 0.480 e. The molecule has 2 amide bonds. The Kier molecular flexibility index (Phi) is 6.51. The second-order valence-corrected chi connectivity index (χ2v) is 4.19. The Hall–Kier alpha value is -2.09. The standard InChI is InChI=1S/C12H20N4O4/c1-3-16(4-5-20-2)12(19)15-10(11(17)18)6-9-7-13-8-14-9/h7-8,10H,3-6H2,1-2H3,(H,13,14)(H,15,19)(H,17,18)/t10-/m0/s1. The number of ether oxygens (including phenoxy) is 1. The highest BCUT2D eigenvalue weighted by Gasteiger charge is 2.23. The highest BCUT2D eigenvalue weighted by Crippen LogP contribution is 2.00. The average Bonchev–Trinajstić information content (AvgIpc) is 2.91. The highest BCUT2D eigenvalue weighted by atomic mass is 16.5. The molecule has 1 atom stereocenters. The Bertz CT molecular complexity index is 421. The van der Waals surface area contributed by atoms with Crippen molar-refractivity contribution in [3.8, 4) is 0 Å². The van der Waals surface area contributed by atoms with Gasteiger partial charge in [-0.05, 0) is 6.92 Å². The number of nitrogens with one attached hydrogen (secondary N) is 2. The number of carbonyl (C=O) groups is 2. The zero-order valence-electron chi connectivity index (χ0n) is 11.6. The van der Waals surface area contributed by atoms with E-state index in [1.54, 1.807) is 7.11 Å². The maximum absolute atomic E-state index is 12.0. The van der Waals surface area contributed by atoms with Crippen molar-refractivity contribution in [3.63, 3.8) is 0 Å². The summed E-state index contributed by atoms with van der Waals surface area (Å²) < 4.78 is 4.91. The first-order valence-corrected chi connectivity index (χ1v) is 6.32. The van der Waals surface area contributed by atoms with Gasteiger partial charge in [-0.1, -0.05) is 0 Å². The van der Waals surface area contributed by atoms with Crippen LogP contribution in [0.25, 0.3) is 0 Å². The molecule has 1 aromatic rings. The van der Waals surface area contributed by atoms with E-state index in [0.29, 0.717) is 25.4 Å². The van der Waals surface area contributed by atoms with Gasteiger partial charge in [-0.3, -0.25) is 0 Å². The minimum Gasteiger partial charge on any atom is -0.480 e. The second kappa shape index (κ2) is 8.16. The van der Waals surface area contributed by atoms with Crippen LogP contribution >= 0.6 is 0 Å². The molecule has 112 valence electrons. The van der Waals surface area contributed by atoms with Crippen LogP contribution in [0.15, 0.2) is 12.5 Å². The Morgan fingerprint density at radius 2 is 2.35 bits per heavy atom. The summed E-state index contributed by atoms with van der Waals surface area (Å²) in [6.07, 6.45) is 3.15. The van der Waals surface area contributed by atoms with E-state index in [1.165, 1.54) is 17.4 Å². The van der Waals surface area contributed by atoms with Crippen LogP contribution in [-0.2, 0) is 16.0 Å². The number of hydrogen-bond donors (Lipinski definition) is 3. The average molecular weight is 284 g/mol. The number of rotatable bonds is 8. The SMILES string of the molecule is CCN(CCOC)C(=O)N[C@@H](Cc1cnc[nH]1)C(=O)O. The van der Waals surface area contributed by atoms with E-state index in [2.05, 4.69) is 15.3 Å². The predicted molar refractivity (Wildman–Crippen MR) is 71.4 cm³/mol. The van der Waals surface area contributed by atoms with Crippen LogP contribution < -0.4 is 5.32 Å². The number of amides is 2. The Balaban J connectivity index is 2.60. The normalized spacial score (nSPS) is 11.9. The lowest BCUT2D eigenvalue weighted by molar-refractivity contribution is -0.139. The molecule has 0 saturated carbocycles. The number of carbonyl (C=O) groups excluding carboxylic acids is 1. The van der Waals surface area contributed by atoms with Crippen LogP contribution in [0.3, 0.4) is 0 Å². The van der Waals surface area contributed by atoms with Crippen molar-refractivity contribution in [3.05, 3.63) is 18.2 Å². The molecule has 3 N–H and O–H groups in total. The van der Waals surface area contributed by atoms with Crippen LogP contribution in [0.4, 0.5) is 4.79 Å². The molecule has 0 fully saturated rings. The maximum atomic E-state index is 12.0. The second-order valence-electron chi connectivity index (χ2n) is 4.19. The molecule has 1 rings (SSSR count). The quantitative estimate of drug-likeness (QED) is 0.626. The van der Waals surface area contributed by atoms with E-state index in [4.69, 9.17) is 9.84 Å². The summed E-state index contributed by atoms with van der Waals surface area (Å²) in [6.45, 7) is 3.11. The van der Waals surface area contributed by atoms with Crippen molar-refractivity contribution < 1.29 is 19.4 Å². The summed E-state index contributed by atoms with van der Waals surface area (Å²) in [5.41, 5.74) is 0.651. The Morgan fingerprint density at radius 1 is 1.60 bits per heavy atom. The third kappa shape index (κ3) is 4.88. The van der Waals surface area contributed by atoms with E-state index in [0.717, 1.165) is 0 Å². The van der Waals surface area contributed by atoms with Crippen LogP contribution in [0.1, 0.15) is 12.6 Å². The Labute approximate surface area is 117 Å². The summed E-state index contributed by atoms with van der Waals surface area (Å²) in [4.78, 5) is 31.3. The van der Waals surface area contributed by atoms with Crippen molar-refractivity contribution in [2.24, 2.45) is 0 Å². The molecule has 8 nitrogen and oxygen atoms in total. The topological polar surface area (TPSA) is 108 Å². The zero-order chi connectivity index (χ0) is 15.0. The molecule has 0 radical (unpaired) electrons. The van der Waals surface area contributed by atoms with E-state index < -0.39 is 18.0 Å². The van der Waals surface area contributed by atoms with Gasteiger partial charge >= 0.3 is 12.0 Å². The molecular formula is C12H20N4O4. The number of aromatic amines is 1. The monoisotopic (exact) mass is 284 g/mol. The van der Waals surface area contributed by atoms with Gasteiger partial charge in [-0.25, -0.2) is 14.6 Å².